The van der Waals surface area contributed by atoms with Crippen molar-refractivity contribution in [2.75, 3.05) is 19.7 Å². The van der Waals surface area contributed by atoms with E-state index in [9.17, 15) is 9.59 Å². The smallest absolute Gasteiger partial charge is 0.225 e. The van der Waals surface area contributed by atoms with Crippen molar-refractivity contribution >= 4 is 11.8 Å². The van der Waals surface area contributed by atoms with Gasteiger partial charge in [0.1, 0.15) is 0 Å². The van der Waals surface area contributed by atoms with Crippen LogP contribution in [0, 0.1) is 5.92 Å². The Morgan fingerprint density at radius 2 is 2.21 bits per heavy atom. The largest absolute Gasteiger partial charge is 0.379 e. The molecule has 0 spiro atoms. The molecule has 1 aliphatic carbocycles. The molecule has 0 radical (unpaired) electrons. The van der Waals surface area contributed by atoms with Gasteiger partial charge in [-0.3, -0.25) is 9.59 Å². The molecule has 1 saturated carbocycles. The molecule has 2 aliphatic rings. The van der Waals surface area contributed by atoms with Gasteiger partial charge in [-0.05, 0) is 33.1 Å². The molecule has 108 valence electrons. The van der Waals surface area contributed by atoms with Crippen LogP contribution in [0.1, 0.15) is 39.5 Å². The van der Waals surface area contributed by atoms with Crippen molar-refractivity contribution in [3.63, 3.8) is 0 Å². The first-order valence-corrected chi connectivity index (χ1v) is 7.26. The Morgan fingerprint density at radius 1 is 1.47 bits per heavy atom. The SMILES string of the molecule is CC(C)OCCCNC(=O)C1CC(=O)N(C2CC2)C1. The van der Waals surface area contributed by atoms with E-state index in [-0.39, 0.29) is 23.8 Å². The molecule has 0 aromatic heterocycles. The molecule has 1 atom stereocenters. The number of carbonyl (C=O) groups excluding carboxylic acids is 2. The van der Waals surface area contributed by atoms with Crippen molar-refractivity contribution in [1.82, 2.24) is 10.2 Å². The van der Waals surface area contributed by atoms with E-state index < -0.39 is 0 Å². The van der Waals surface area contributed by atoms with Gasteiger partial charge in [0.25, 0.3) is 0 Å². The molecule has 1 N–H and O–H groups in total. The van der Waals surface area contributed by atoms with Gasteiger partial charge < -0.3 is 15.0 Å². The predicted octanol–water partition coefficient (Wildman–Crippen LogP) is 0.929. The van der Waals surface area contributed by atoms with E-state index in [2.05, 4.69) is 5.32 Å². The van der Waals surface area contributed by atoms with Gasteiger partial charge in [-0.2, -0.15) is 0 Å². The summed E-state index contributed by atoms with van der Waals surface area (Å²) in [6.45, 7) is 5.89. The fourth-order valence-corrected chi connectivity index (χ4v) is 2.39. The number of nitrogens with one attached hydrogen (secondary N) is 1. The summed E-state index contributed by atoms with van der Waals surface area (Å²) in [6, 6.07) is 0.421. The zero-order valence-corrected chi connectivity index (χ0v) is 11.9. The summed E-state index contributed by atoms with van der Waals surface area (Å²) in [5.41, 5.74) is 0. The van der Waals surface area contributed by atoms with Gasteiger partial charge >= 0.3 is 0 Å². The van der Waals surface area contributed by atoms with Crippen molar-refractivity contribution in [2.24, 2.45) is 5.92 Å². The summed E-state index contributed by atoms with van der Waals surface area (Å²) in [6.07, 6.45) is 3.64. The van der Waals surface area contributed by atoms with E-state index in [1.165, 1.54) is 0 Å². The summed E-state index contributed by atoms with van der Waals surface area (Å²) in [7, 11) is 0. The fraction of sp³-hybridized carbons (Fsp3) is 0.857. The molecule has 2 amide bonds. The van der Waals surface area contributed by atoms with Crippen LogP contribution >= 0.6 is 0 Å². The Hall–Kier alpha value is -1.10. The van der Waals surface area contributed by atoms with Crippen molar-refractivity contribution in [3.05, 3.63) is 0 Å². The molecule has 0 aromatic carbocycles. The van der Waals surface area contributed by atoms with Gasteiger partial charge in [-0.15, -0.1) is 0 Å². The summed E-state index contributed by atoms with van der Waals surface area (Å²) in [4.78, 5) is 25.6. The Kier molecular flexibility index (Phi) is 4.80. The molecule has 19 heavy (non-hydrogen) atoms. The minimum absolute atomic E-state index is 0.0149. The minimum atomic E-state index is -0.154. The molecule has 0 bridgehead atoms. The second-order valence-corrected chi connectivity index (χ2v) is 5.74. The van der Waals surface area contributed by atoms with Crippen LogP contribution in [-0.4, -0.2) is 48.6 Å². The highest BCUT2D eigenvalue weighted by atomic mass is 16.5. The zero-order chi connectivity index (χ0) is 13.8. The number of hydrogen-bond donors (Lipinski definition) is 1. The van der Waals surface area contributed by atoms with E-state index in [1.807, 2.05) is 18.7 Å². The van der Waals surface area contributed by atoms with Crippen molar-refractivity contribution in [3.8, 4) is 0 Å². The monoisotopic (exact) mass is 268 g/mol. The van der Waals surface area contributed by atoms with Crippen LogP contribution < -0.4 is 5.32 Å². The topological polar surface area (TPSA) is 58.6 Å². The first-order valence-electron chi connectivity index (χ1n) is 7.26. The van der Waals surface area contributed by atoms with Crippen molar-refractivity contribution in [2.45, 2.75) is 51.7 Å². The van der Waals surface area contributed by atoms with E-state index in [1.54, 1.807) is 0 Å². The molecule has 1 saturated heterocycles. The summed E-state index contributed by atoms with van der Waals surface area (Å²) >= 11 is 0. The molecule has 1 unspecified atom stereocenters. The molecule has 2 rings (SSSR count). The summed E-state index contributed by atoms with van der Waals surface area (Å²) < 4.78 is 5.41. The molecule has 2 fully saturated rings. The number of hydrogen-bond acceptors (Lipinski definition) is 3. The molecule has 5 heteroatoms. The lowest BCUT2D eigenvalue weighted by molar-refractivity contribution is -0.129. The van der Waals surface area contributed by atoms with Gasteiger partial charge in [-0.1, -0.05) is 0 Å². The molecule has 1 heterocycles. The van der Waals surface area contributed by atoms with E-state index >= 15 is 0 Å². The van der Waals surface area contributed by atoms with Crippen LogP contribution in [0.3, 0.4) is 0 Å². The highest BCUT2D eigenvalue weighted by molar-refractivity contribution is 5.89. The van der Waals surface area contributed by atoms with Gasteiger partial charge in [0.2, 0.25) is 11.8 Å². The van der Waals surface area contributed by atoms with Crippen LogP contribution in [0.5, 0.6) is 0 Å². The maximum atomic E-state index is 11.9. The third-order valence-electron chi connectivity index (χ3n) is 3.59. The Bertz CT molecular complexity index is 340. The standard InChI is InChI=1S/C14H24N2O3/c1-10(2)19-7-3-6-15-14(18)11-8-13(17)16(9-11)12-4-5-12/h10-12H,3-9H2,1-2H3,(H,15,18). The van der Waals surface area contributed by atoms with Gasteiger partial charge in [0, 0.05) is 32.2 Å². The van der Waals surface area contributed by atoms with Crippen LogP contribution in [0.2, 0.25) is 0 Å². The molecular formula is C14H24N2O3. The first-order chi connectivity index (χ1) is 9.08. The Labute approximate surface area is 114 Å². The van der Waals surface area contributed by atoms with E-state index in [0.29, 0.717) is 32.2 Å². The average molecular weight is 268 g/mol. The second kappa shape index (κ2) is 6.37. The van der Waals surface area contributed by atoms with E-state index in [4.69, 9.17) is 4.74 Å². The van der Waals surface area contributed by atoms with Gasteiger partial charge in [0.05, 0.1) is 12.0 Å². The molecule has 0 aromatic rings. The number of rotatable bonds is 7. The number of ether oxygens (including phenoxy) is 1. The lowest BCUT2D eigenvalue weighted by Gasteiger charge is -2.15. The quantitative estimate of drug-likeness (QED) is 0.699. The van der Waals surface area contributed by atoms with Gasteiger partial charge in [0.15, 0.2) is 0 Å². The number of carbonyl (C=O) groups is 2. The first kappa shape index (κ1) is 14.3. The number of nitrogens with zero attached hydrogens (tertiary/aromatic N) is 1. The minimum Gasteiger partial charge on any atom is -0.379 e. The fourth-order valence-electron chi connectivity index (χ4n) is 2.39. The maximum Gasteiger partial charge on any atom is 0.225 e. The van der Waals surface area contributed by atoms with Crippen LogP contribution in [0.4, 0.5) is 0 Å². The van der Waals surface area contributed by atoms with Crippen molar-refractivity contribution in [1.29, 1.82) is 0 Å². The predicted molar refractivity (Wildman–Crippen MR) is 71.6 cm³/mol. The normalized spacial score (nSPS) is 23.2. The number of likely N-dealkylation sites (tertiary alicyclic amines) is 1. The molecule has 1 aliphatic heterocycles. The maximum absolute atomic E-state index is 11.9. The molecular weight excluding hydrogens is 244 g/mol. The van der Waals surface area contributed by atoms with Crippen LogP contribution in [-0.2, 0) is 14.3 Å². The zero-order valence-electron chi connectivity index (χ0n) is 11.9. The van der Waals surface area contributed by atoms with Crippen LogP contribution in [0.25, 0.3) is 0 Å². The van der Waals surface area contributed by atoms with E-state index in [0.717, 1.165) is 19.3 Å². The third kappa shape index (κ3) is 4.20. The number of amides is 2. The average Bonchev–Trinajstić information content (AvgIpc) is 3.11. The lowest BCUT2D eigenvalue weighted by atomic mass is 10.1. The van der Waals surface area contributed by atoms with Gasteiger partial charge in [-0.25, -0.2) is 0 Å². The molecule has 5 nitrogen and oxygen atoms in total. The summed E-state index contributed by atoms with van der Waals surface area (Å²) in [5, 5.41) is 2.90. The van der Waals surface area contributed by atoms with Crippen LogP contribution in [0.15, 0.2) is 0 Å². The third-order valence-corrected chi connectivity index (χ3v) is 3.59. The second-order valence-electron chi connectivity index (χ2n) is 5.74. The summed E-state index contributed by atoms with van der Waals surface area (Å²) in [5.74, 6) is 0.00551. The Balaban J connectivity index is 1.62. The lowest BCUT2D eigenvalue weighted by Crippen LogP contribution is -2.34. The highest BCUT2D eigenvalue weighted by Crippen LogP contribution is 2.32. The van der Waals surface area contributed by atoms with Crippen molar-refractivity contribution < 1.29 is 14.3 Å². The highest BCUT2D eigenvalue weighted by Gasteiger charge is 2.41. The Morgan fingerprint density at radius 3 is 2.84 bits per heavy atom.